The molecule has 1 aliphatic rings. The van der Waals surface area contributed by atoms with Gasteiger partial charge in [-0.3, -0.25) is 14.6 Å². The predicted molar refractivity (Wildman–Crippen MR) is 94.1 cm³/mol. The quantitative estimate of drug-likeness (QED) is 0.381. The Morgan fingerprint density at radius 2 is 1.96 bits per heavy atom. The lowest BCUT2D eigenvalue weighted by Crippen LogP contribution is -2.38. The van der Waals surface area contributed by atoms with Crippen LogP contribution in [0.4, 0.5) is 0 Å². The van der Waals surface area contributed by atoms with E-state index >= 15 is 0 Å². The third kappa shape index (κ3) is 5.45. The highest BCUT2D eigenvalue weighted by molar-refractivity contribution is 6.45. The number of benzene rings is 1. The first-order valence-corrected chi connectivity index (χ1v) is 7.90. The molecule has 27 heavy (non-hydrogen) atoms. The summed E-state index contributed by atoms with van der Waals surface area (Å²) in [6.45, 7) is 0.0199. The maximum Gasteiger partial charge on any atom is 0.376 e. The highest BCUT2D eigenvalue weighted by atomic mass is 16.7. The molecule has 2 rings (SSSR count). The molecule has 1 saturated heterocycles. The van der Waals surface area contributed by atoms with Crippen LogP contribution in [0.5, 0.6) is 0 Å². The van der Waals surface area contributed by atoms with Crippen molar-refractivity contribution in [2.24, 2.45) is 4.99 Å². The van der Waals surface area contributed by atoms with E-state index in [4.69, 9.17) is 9.47 Å². The van der Waals surface area contributed by atoms with Gasteiger partial charge in [0.05, 0.1) is 6.54 Å². The van der Waals surface area contributed by atoms with E-state index in [0.717, 1.165) is 6.08 Å². The Bertz CT molecular complexity index is 758. The number of rotatable bonds is 7. The first-order chi connectivity index (χ1) is 13.0. The van der Waals surface area contributed by atoms with E-state index < -0.39 is 24.1 Å². The molecule has 0 saturated carbocycles. The van der Waals surface area contributed by atoms with Crippen molar-refractivity contribution < 1.29 is 28.7 Å². The molecule has 0 spiro atoms. The van der Waals surface area contributed by atoms with Gasteiger partial charge in [-0.05, 0) is 12.1 Å². The number of carbonyl (C=O) groups excluding carboxylic acids is 3. The van der Waals surface area contributed by atoms with Gasteiger partial charge in [-0.25, -0.2) is 9.79 Å². The Morgan fingerprint density at radius 3 is 2.52 bits per heavy atom. The molecule has 0 atom stereocenters. The van der Waals surface area contributed by atoms with Crippen LogP contribution in [-0.4, -0.2) is 62.6 Å². The van der Waals surface area contributed by atoms with E-state index in [1.54, 1.807) is 30.3 Å². The van der Waals surface area contributed by atoms with Gasteiger partial charge in [-0.15, -0.1) is 0 Å². The van der Waals surface area contributed by atoms with E-state index in [1.165, 1.54) is 26.3 Å². The van der Waals surface area contributed by atoms with Crippen LogP contribution in [0.25, 0.3) is 0 Å². The fourth-order valence-corrected chi connectivity index (χ4v) is 2.07. The minimum atomic E-state index is -0.711. The molecule has 2 N–H and O–H groups in total. The van der Waals surface area contributed by atoms with Gasteiger partial charge < -0.3 is 19.6 Å². The molecular weight excluding hydrogens is 356 g/mol. The second kappa shape index (κ2) is 9.57. The van der Waals surface area contributed by atoms with Crippen LogP contribution in [0, 0.1) is 0 Å². The molecular formula is C17H20N4O6. The lowest BCUT2D eigenvalue weighted by molar-refractivity contribution is -0.142. The Kier molecular flexibility index (Phi) is 7.17. The van der Waals surface area contributed by atoms with Crippen LogP contribution >= 0.6 is 0 Å². The molecule has 2 amide bonds. The van der Waals surface area contributed by atoms with E-state index in [-0.39, 0.29) is 18.0 Å². The van der Waals surface area contributed by atoms with Crippen molar-refractivity contribution in [3.05, 3.63) is 47.7 Å². The highest BCUT2D eigenvalue weighted by Gasteiger charge is 2.27. The molecule has 1 heterocycles. The van der Waals surface area contributed by atoms with Crippen LogP contribution in [0.3, 0.4) is 0 Å². The topological polar surface area (TPSA) is 119 Å². The smallest absolute Gasteiger partial charge is 0.354 e. The summed E-state index contributed by atoms with van der Waals surface area (Å²) in [5.41, 5.74) is 2.37. The Morgan fingerprint density at radius 1 is 1.30 bits per heavy atom. The maximum absolute atomic E-state index is 12.5. The summed E-state index contributed by atoms with van der Waals surface area (Å²) in [5.74, 6) is -2.02. The molecule has 10 nitrogen and oxygen atoms in total. The predicted octanol–water partition coefficient (Wildman–Crippen LogP) is -0.205. The second-order valence-electron chi connectivity index (χ2n) is 5.35. The van der Waals surface area contributed by atoms with Crippen molar-refractivity contribution in [2.45, 2.75) is 6.29 Å². The standard InChI is InChI=1S/C17H20N4O6/c1-21-13(17(24)27-20-21)9-12(16(23)18-10-14(25-2)26-3)19-15(22)11-7-5-4-6-8-11/h4-9,14,20H,10H2,1-3H3,(H,18,23)/b13-9+,19-12?. The lowest BCUT2D eigenvalue weighted by Gasteiger charge is -2.14. The molecule has 1 aromatic rings. The first kappa shape index (κ1) is 20.2. The molecule has 144 valence electrons. The zero-order chi connectivity index (χ0) is 19.8. The zero-order valence-corrected chi connectivity index (χ0v) is 15.1. The third-order valence-electron chi connectivity index (χ3n) is 3.55. The first-order valence-electron chi connectivity index (χ1n) is 7.90. The number of methoxy groups -OCH3 is 2. The van der Waals surface area contributed by atoms with Gasteiger partial charge in [0.1, 0.15) is 11.4 Å². The van der Waals surface area contributed by atoms with Gasteiger partial charge >= 0.3 is 5.97 Å². The van der Waals surface area contributed by atoms with Gasteiger partial charge in [-0.2, -0.15) is 0 Å². The van der Waals surface area contributed by atoms with E-state index in [9.17, 15) is 14.4 Å². The minimum absolute atomic E-state index is 0.0137. The normalized spacial score (nSPS) is 16.0. The van der Waals surface area contributed by atoms with Crippen LogP contribution in [-0.2, 0) is 23.9 Å². The fraction of sp³-hybridized carbons (Fsp3) is 0.294. The number of nitrogens with zero attached hydrogens (tertiary/aromatic N) is 2. The molecule has 0 unspecified atom stereocenters. The number of ether oxygens (including phenoxy) is 2. The fourth-order valence-electron chi connectivity index (χ4n) is 2.07. The second-order valence-corrected chi connectivity index (χ2v) is 5.35. The SMILES string of the molecule is COC(CNC(=O)C(/C=C1\C(=O)ONN1C)=NC(=O)c1ccccc1)OC. The number of aliphatic imine (C=N–C) groups is 1. The number of hydrazine groups is 1. The Labute approximate surface area is 155 Å². The van der Waals surface area contributed by atoms with Crippen LogP contribution in [0.2, 0.25) is 0 Å². The molecule has 1 aromatic carbocycles. The zero-order valence-electron chi connectivity index (χ0n) is 15.1. The maximum atomic E-state index is 12.5. The summed E-state index contributed by atoms with van der Waals surface area (Å²) in [7, 11) is 4.36. The summed E-state index contributed by atoms with van der Waals surface area (Å²) in [5, 5.41) is 3.79. The number of carbonyl (C=O) groups is 3. The van der Waals surface area contributed by atoms with Crippen molar-refractivity contribution >= 4 is 23.5 Å². The molecule has 0 radical (unpaired) electrons. The number of nitrogens with one attached hydrogen (secondary N) is 2. The van der Waals surface area contributed by atoms with Gasteiger partial charge in [0.25, 0.3) is 11.8 Å². The van der Waals surface area contributed by atoms with Crippen LogP contribution in [0.15, 0.2) is 47.1 Å². The number of hydrogen-bond donors (Lipinski definition) is 2. The third-order valence-corrected chi connectivity index (χ3v) is 3.55. The molecule has 0 bridgehead atoms. The molecule has 0 aliphatic carbocycles. The summed E-state index contributed by atoms with van der Waals surface area (Å²) in [6, 6.07) is 8.24. The monoisotopic (exact) mass is 376 g/mol. The van der Waals surface area contributed by atoms with Crippen molar-refractivity contribution in [3.8, 4) is 0 Å². The van der Waals surface area contributed by atoms with Crippen molar-refractivity contribution in [2.75, 3.05) is 27.8 Å². The highest BCUT2D eigenvalue weighted by Crippen LogP contribution is 2.09. The minimum Gasteiger partial charge on any atom is -0.354 e. The Balaban J connectivity index is 2.29. The van der Waals surface area contributed by atoms with Crippen molar-refractivity contribution in [1.29, 1.82) is 0 Å². The van der Waals surface area contributed by atoms with E-state index in [0.29, 0.717) is 5.56 Å². The summed E-state index contributed by atoms with van der Waals surface area (Å²) < 4.78 is 9.99. The number of hydrogen-bond acceptors (Lipinski definition) is 8. The van der Waals surface area contributed by atoms with Gasteiger partial charge in [0.2, 0.25) is 0 Å². The lowest BCUT2D eigenvalue weighted by atomic mass is 10.2. The summed E-state index contributed by atoms with van der Waals surface area (Å²) in [4.78, 5) is 45.1. The molecule has 1 fully saturated rings. The summed E-state index contributed by atoms with van der Waals surface area (Å²) >= 11 is 0. The number of amides is 2. The van der Waals surface area contributed by atoms with Crippen LogP contribution in [0.1, 0.15) is 10.4 Å². The van der Waals surface area contributed by atoms with E-state index in [1.807, 2.05) is 0 Å². The molecule has 0 aromatic heterocycles. The van der Waals surface area contributed by atoms with Gasteiger partial charge in [0.15, 0.2) is 6.29 Å². The molecule has 1 aliphatic heterocycles. The summed E-state index contributed by atoms with van der Waals surface area (Å²) in [6.07, 6.45) is 0.487. The largest absolute Gasteiger partial charge is 0.376 e. The average Bonchev–Trinajstić information content (AvgIpc) is 3.00. The Hall–Kier alpha value is -3.08. The molecule has 10 heteroatoms. The number of likely N-dealkylation sites (N-methyl/N-ethyl adjacent to an activating group) is 1. The van der Waals surface area contributed by atoms with Gasteiger partial charge in [-0.1, -0.05) is 23.8 Å². The van der Waals surface area contributed by atoms with Gasteiger partial charge in [0, 0.05) is 32.9 Å². The van der Waals surface area contributed by atoms with Crippen molar-refractivity contribution in [1.82, 2.24) is 15.9 Å². The van der Waals surface area contributed by atoms with Crippen molar-refractivity contribution in [3.63, 3.8) is 0 Å². The van der Waals surface area contributed by atoms with E-state index in [2.05, 4.69) is 20.7 Å². The average molecular weight is 376 g/mol. The van der Waals surface area contributed by atoms with Crippen LogP contribution < -0.4 is 10.9 Å².